The van der Waals surface area contributed by atoms with Crippen LogP contribution in [0.3, 0.4) is 0 Å². The Morgan fingerprint density at radius 2 is 2.40 bits per heavy atom. The molecule has 0 aromatic carbocycles. The number of rotatable bonds is 4. The predicted octanol–water partition coefficient (Wildman–Crippen LogP) is 0.733. The van der Waals surface area contributed by atoms with Crippen molar-refractivity contribution in [2.24, 2.45) is 18.8 Å². The van der Waals surface area contributed by atoms with Crippen LogP contribution in [0.5, 0.6) is 5.75 Å². The molecule has 1 atom stereocenters. The SMILES string of the molecule is COc1cnn(C)c1C(NN)C1CCC1. The van der Waals surface area contributed by atoms with Gasteiger partial charge in [-0.05, 0) is 18.8 Å². The topological polar surface area (TPSA) is 65.1 Å². The molecule has 1 saturated carbocycles. The lowest BCUT2D eigenvalue weighted by Crippen LogP contribution is -2.37. The maximum Gasteiger partial charge on any atom is 0.161 e. The average Bonchev–Trinajstić information content (AvgIpc) is 2.53. The molecule has 0 amide bonds. The van der Waals surface area contributed by atoms with Gasteiger partial charge in [-0.15, -0.1) is 0 Å². The number of aryl methyl sites for hydroxylation is 1. The molecule has 1 aromatic rings. The summed E-state index contributed by atoms with van der Waals surface area (Å²) in [5, 5.41) is 4.19. The van der Waals surface area contributed by atoms with E-state index in [0.29, 0.717) is 5.92 Å². The summed E-state index contributed by atoms with van der Waals surface area (Å²) in [6, 6.07) is 0.154. The largest absolute Gasteiger partial charge is 0.493 e. The third-order valence-electron chi connectivity index (χ3n) is 3.26. The molecule has 1 fully saturated rings. The highest BCUT2D eigenvalue weighted by atomic mass is 16.5. The highest BCUT2D eigenvalue weighted by molar-refractivity contribution is 5.28. The lowest BCUT2D eigenvalue weighted by atomic mass is 9.78. The van der Waals surface area contributed by atoms with Gasteiger partial charge < -0.3 is 4.74 Å². The van der Waals surface area contributed by atoms with E-state index in [1.54, 1.807) is 13.3 Å². The quantitative estimate of drug-likeness (QED) is 0.568. The summed E-state index contributed by atoms with van der Waals surface area (Å²) in [5.41, 5.74) is 3.93. The van der Waals surface area contributed by atoms with Crippen molar-refractivity contribution >= 4 is 0 Å². The van der Waals surface area contributed by atoms with E-state index in [1.807, 2.05) is 11.7 Å². The number of nitrogens with one attached hydrogen (secondary N) is 1. The molecule has 0 aliphatic heterocycles. The summed E-state index contributed by atoms with van der Waals surface area (Å²) >= 11 is 0. The molecular formula is C10H18N4O. The molecule has 0 bridgehead atoms. The van der Waals surface area contributed by atoms with E-state index in [9.17, 15) is 0 Å². The minimum Gasteiger partial charge on any atom is -0.493 e. The molecule has 5 nitrogen and oxygen atoms in total. The van der Waals surface area contributed by atoms with Gasteiger partial charge >= 0.3 is 0 Å². The normalized spacial score (nSPS) is 18.6. The maximum atomic E-state index is 5.62. The van der Waals surface area contributed by atoms with E-state index in [2.05, 4.69) is 10.5 Å². The second-order valence-electron chi connectivity index (χ2n) is 4.06. The molecule has 0 radical (unpaired) electrons. The first-order valence-corrected chi connectivity index (χ1v) is 5.30. The summed E-state index contributed by atoms with van der Waals surface area (Å²) in [7, 11) is 3.58. The monoisotopic (exact) mass is 210 g/mol. The van der Waals surface area contributed by atoms with Crippen LogP contribution in [0, 0.1) is 5.92 Å². The second kappa shape index (κ2) is 4.20. The minimum atomic E-state index is 0.154. The van der Waals surface area contributed by atoms with Crippen LogP contribution in [0.2, 0.25) is 0 Å². The molecule has 1 aliphatic carbocycles. The number of hydrogen-bond acceptors (Lipinski definition) is 4. The van der Waals surface area contributed by atoms with Gasteiger partial charge in [-0.3, -0.25) is 16.0 Å². The summed E-state index contributed by atoms with van der Waals surface area (Å²) in [6.45, 7) is 0. The third-order valence-corrected chi connectivity index (χ3v) is 3.26. The minimum absolute atomic E-state index is 0.154. The van der Waals surface area contributed by atoms with Gasteiger partial charge in [-0.1, -0.05) is 6.42 Å². The Morgan fingerprint density at radius 1 is 1.67 bits per heavy atom. The summed E-state index contributed by atoms with van der Waals surface area (Å²) < 4.78 is 7.12. The zero-order valence-electron chi connectivity index (χ0n) is 9.23. The van der Waals surface area contributed by atoms with Crippen LogP contribution in [0.4, 0.5) is 0 Å². The Labute approximate surface area is 89.6 Å². The molecule has 1 heterocycles. The Hall–Kier alpha value is -1.07. The molecule has 1 aliphatic rings. The Bertz CT molecular complexity index is 332. The fourth-order valence-corrected chi connectivity index (χ4v) is 2.15. The van der Waals surface area contributed by atoms with Crippen molar-refractivity contribution in [3.8, 4) is 5.75 Å². The smallest absolute Gasteiger partial charge is 0.161 e. The summed E-state index contributed by atoms with van der Waals surface area (Å²) in [5.74, 6) is 7.04. The Morgan fingerprint density at radius 3 is 2.87 bits per heavy atom. The fraction of sp³-hybridized carbons (Fsp3) is 0.700. The van der Waals surface area contributed by atoms with Crippen LogP contribution in [-0.4, -0.2) is 16.9 Å². The fourth-order valence-electron chi connectivity index (χ4n) is 2.15. The van der Waals surface area contributed by atoms with Gasteiger partial charge in [-0.2, -0.15) is 5.10 Å². The first kappa shape index (κ1) is 10.4. The maximum absolute atomic E-state index is 5.62. The molecule has 3 N–H and O–H groups in total. The van der Waals surface area contributed by atoms with E-state index < -0.39 is 0 Å². The third kappa shape index (κ3) is 1.72. The highest BCUT2D eigenvalue weighted by Gasteiger charge is 2.31. The average molecular weight is 210 g/mol. The number of methoxy groups -OCH3 is 1. The Balaban J connectivity index is 2.27. The second-order valence-corrected chi connectivity index (χ2v) is 4.06. The number of hydrazine groups is 1. The van der Waals surface area contributed by atoms with Crippen molar-refractivity contribution in [3.63, 3.8) is 0 Å². The van der Waals surface area contributed by atoms with Crippen LogP contribution in [0.1, 0.15) is 31.0 Å². The van der Waals surface area contributed by atoms with E-state index >= 15 is 0 Å². The first-order chi connectivity index (χ1) is 7.27. The molecule has 15 heavy (non-hydrogen) atoms. The van der Waals surface area contributed by atoms with Gasteiger partial charge in [0.15, 0.2) is 5.75 Å². The van der Waals surface area contributed by atoms with E-state index in [-0.39, 0.29) is 6.04 Å². The summed E-state index contributed by atoms with van der Waals surface area (Å²) in [6.07, 6.45) is 5.48. The van der Waals surface area contributed by atoms with Crippen LogP contribution in [0.25, 0.3) is 0 Å². The van der Waals surface area contributed by atoms with Crippen molar-refractivity contribution in [1.82, 2.24) is 15.2 Å². The molecule has 1 unspecified atom stereocenters. The molecule has 2 rings (SSSR count). The molecular weight excluding hydrogens is 192 g/mol. The number of nitrogens with zero attached hydrogens (tertiary/aromatic N) is 2. The molecule has 5 heteroatoms. The molecule has 0 spiro atoms. The van der Waals surface area contributed by atoms with Gasteiger partial charge in [0.1, 0.15) is 0 Å². The zero-order valence-corrected chi connectivity index (χ0v) is 9.23. The van der Waals surface area contributed by atoms with Crippen molar-refractivity contribution in [2.45, 2.75) is 25.3 Å². The van der Waals surface area contributed by atoms with Gasteiger partial charge in [0, 0.05) is 7.05 Å². The lowest BCUT2D eigenvalue weighted by Gasteiger charge is -2.33. The predicted molar refractivity (Wildman–Crippen MR) is 57.2 cm³/mol. The van der Waals surface area contributed by atoms with Crippen molar-refractivity contribution in [3.05, 3.63) is 11.9 Å². The van der Waals surface area contributed by atoms with Crippen molar-refractivity contribution < 1.29 is 4.74 Å². The van der Waals surface area contributed by atoms with Gasteiger partial charge in [0.25, 0.3) is 0 Å². The van der Waals surface area contributed by atoms with E-state index in [4.69, 9.17) is 10.6 Å². The van der Waals surface area contributed by atoms with Crippen LogP contribution in [-0.2, 0) is 7.05 Å². The van der Waals surface area contributed by atoms with Crippen LogP contribution >= 0.6 is 0 Å². The van der Waals surface area contributed by atoms with Crippen molar-refractivity contribution in [2.75, 3.05) is 7.11 Å². The lowest BCUT2D eigenvalue weighted by molar-refractivity contribution is 0.220. The number of hydrogen-bond donors (Lipinski definition) is 2. The van der Waals surface area contributed by atoms with Crippen molar-refractivity contribution in [1.29, 1.82) is 0 Å². The number of nitrogens with two attached hydrogens (primary N) is 1. The Kier molecular flexibility index (Phi) is 2.93. The van der Waals surface area contributed by atoms with Gasteiger partial charge in [-0.25, -0.2) is 0 Å². The van der Waals surface area contributed by atoms with Gasteiger partial charge in [0.05, 0.1) is 25.0 Å². The molecule has 1 aromatic heterocycles. The number of ether oxygens (including phenoxy) is 1. The first-order valence-electron chi connectivity index (χ1n) is 5.30. The van der Waals surface area contributed by atoms with Crippen LogP contribution in [0.15, 0.2) is 6.20 Å². The standard InChI is InChI=1S/C10H18N4O/c1-14-10(8(15-2)6-12-14)9(13-11)7-4-3-5-7/h6-7,9,13H,3-5,11H2,1-2H3. The summed E-state index contributed by atoms with van der Waals surface area (Å²) in [4.78, 5) is 0. The van der Waals surface area contributed by atoms with Crippen LogP contribution < -0.4 is 16.0 Å². The highest BCUT2D eigenvalue weighted by Crippen LogP contribution is 2.39. The number of aromatic nitrogens is 2. The molecule has 84 valence electrons. The van der Waals surface area contributed by atoms with Gasteiger partial charge in [0.2, 0.25) is 0 Å². The molecule has 0 saturated heterocycles. The van der Waals surface area contributed by atoms with E-state index in [1.165, 1.54) is 19.3 Å². The zero-order chi connectivity index (χ0) is 10.8. The van der Waals surface area contributed by atoms with E-state index in [0.717, 1.165) is 11.4 Å².